The lowest BCUT2D eigenvalue weighted by atomic mass is 10.1. The molecule has 1 aromatic carbocycles. The number of hydrogen-bond donors (Lipinski definition) is 0. The highest BCUT2D eigenvalue weighted by Gasteiger charge is 2.17. The van der Waals surface area contributed by atoms with Crippen LogP contribution in [-0.2, 0) is 16.0 Å². The van der Waals surface area contributed by atoms with Gasteiger partial charge in [0.15, 0.2) is 5.58 Å². The van der Waals surface area contributed by atoms with Gasteiger partial charge in [0.25, 0.3) is 0 Å². The number of nitrogens with zero attached hydrogens (tertiary/aromatic N) is 2. The molecule has 6 heteroatoms. The zero-order valence-corrected chi connectivity index (χ0v) is 12.1. The molecule has 2 aromatic rings. The standard InChI is InChI=1S/C14H17ClN2O3/c1-19-9-8-17(7-6-15)14(18)10-12-11-4-2-3-5-13(11)20-16-12/h2-5H,6-10H2,1H3. The van der Waals surface area contributed by atoms with Crippen LogP contribution in [0.25, 0.3) is 11.0 Å². The maximum Gasteiger partial charge on any atom is 0.228 e. The summed E-state index contributed by atoms with van der Waals surface area (Å²) in [5.41, 5.74) is 1.35. The van der Waals surface area contributed by atoms with Gasteiger partial charge in [-0.1, -0.05) is 17.3 Å². The van der Waals surface area contributed by atoms with Crippen LogP contribution < -0.4 is 0 Å². The van der Waals surface area contributed by atoms with Crippen molar-refractivity contribution in [3.63, 3.8) is 0 Å². The van der Waals surface area contributed by atoms with Gasteiger partial charge in [-0.3, -0.25) is 4.79 Å². The van der Waals surface area contributed by atoms with E-state index >= 15 is 0 Å². The zero-order valence-electron chi connectivity index (χ0n) is 11.3. The monoisotopic (exact) mass is 296 g/mol. The third-order valence-electron chi connectivity index (χ3n) is 3.04. The Hall–Kier alpha value is -1.59. The number of carbonyl (C=O) groups excluding carboxylic acids is 1. The molecule has 1 aromatic heterocycles. The largest absolute Gasteiger partial charge is 0.383 e. The van der Waals surface area contributed by atoms with Gasteiger partial charge in [0.05, 0.1) is 13.0 Å². The fourth-order valence-corrected chi connectivity index (χ4v) is 2.19. The summed E-state index contributed by atoms with van der Waals surface area (Å²) in [7, 11) is 1.61. The van der Waals surface area contributed by atoms with Gasteiger partial charge >= 0.3 is 0 Å². The van der Waals surface area contributed by atoms with Crippen molar-refractivity contribution in [2.75, 3.05) is 32.7 Å². The van der Waals surface area contributed by atoms with E-state index in [1.165, 1.54) is 0 Å². The van der Waals surface area contributed by atoms with Crippen molar-refractivity contribution in [1.29, 1.82) is 0 Å². The van der Waals surface area contributed by atoms with Crippen LogP contribution in [0, 0.1) is 0 Å². The molecule has 0 radical (unpaired) electrons. The number of amides is 1. The third-order valence-corrected chi connectivity index (χ3v) is 3.21. The predicted octanol–water partition coefficient (Wildman–Crippen LogP) is 2.08. The molecule has 1 heterocycles. The van der Waals surface area contributed by atoms with E-state index in [9.17, 15) is 4.79 Å². The molecule has 0 N–H and O–H groups in total. The van der Waals surface area contributed by atoms with Crippen LogP contribution in [0.4, 0.5) is 0 Å². The molecule has 108 valence electrons. The molecule has 0 aliphatic rings. The number of rotatable bonds is 7. The number of benzene rings is 1. The fourth-order valence-electron chi connectivity index (χ4n) is 1.99. The molecule has 0 saturated heterocycles. The molecule has 0 bridgehead atoms. The van der Waals surface area contributed by atoms with Crippen molar-refractivity contribution in [3.8, 4) is 0 Å². The second-order valence-corrected chi connectivity index (χ2v) is 4.74. The lowest BCUT2D eigenvalue weighted by Crippen LogP contribution is -2.36. The Morgan fingerprint density at radius 2 is 2.20 bits per heavy atom. The van der Waals surface area contributed by atoms with Crippen LogP contribution in [0.1, 0.15) is 5.69 Å². The first-order valence-electron chi connectivity index (χ1n) is 6.42. The summed E-state index contributed by atoms with van der Waals surface area (Å²) in [5.74, 6) is 0.372. The number of fused-ring (bicyclic) bond motifs is 1. The molecule has 20 heavy (non-hydrogen) atoms. The third kappa shape index (κ3) is 3.49. The summed E-state index contributed by atoms with van der Waals surface area (Å²) < 4.78 is 10.2. The molecule has 0 aliphatic carbocycles. The number of ether oxygens (including phenoxy) is 1. The normalized spacial score (nSPS) is 10.9. The molecule has 0 atom stereocenters. The Balaban J connectivity index is 2.08. The van der Waals surface area contributed by atoms with Gasteiger partial charge in [-0.25, -0.2) is 0 Å². The predicted molar refractivity (Wildman–Crippen MR) is 76.9 cm³/mol. The van der Waals surface area contributed by atoms with Gasteiger partial charge in [0.2, 0.25) is 5.91 Å². The van der Waals surface area contributed by atoms with Gasteiger partial charge in [0.1, 0.15) is 5.69 Å². The van der Waals surface area contributed by atoms with Crippen molar-refractivity contribution < 1.29 is 14.1 Å². The number of aromatic nitrogens is 1. The van der Waals surface area contributed by atoms with E-state index in [2.05, 4.69) is 5.16 Å². The highest BCUT2D eigenvalue weighted by atomic mass is 35.5. The lowest BCUT2D eigenvalue weighted by Gasteiger charge is -2.20. The van der Waals surface area contributed by atoms with E-state index in [4.69, 9.17) is 20.9 Å². The van der Waals surface area contributed by atoms with Crippen LogP contribution in [-0.4, -0.2) is 48.6 Å². The summed E-state index contributed by atoms with van der Waals surface area (Å²) in [4.78, 5) is 14.0. The van der Waals surface area contributed by atoms with Crippen molar-refractivity contribution >= 4 is 28.5 Å². The Morgan fingerprint density at radius 1 is 1.40 bits per heavy atom. The van der Waals surface area contributed by atoms with Gasteiger partial charge in [0, 0.05) is 31.5 Å². The molecule has 2 rings (SSSR count). The van der Waals surface area contributed by atoms with Gasteiger partial charge in [-0.2, -0.15) is 0 Å². The first kappa shape index (κ1) is 14.8. The number of alkyl halides is 1. The Bertz CT molecular complexity index is 570. The quantitative estimate of drug-likeness (QED) is 0.734. The zero-order chi connectivity index (χ0) is 14.4. The maximum atomic E-state index is 12.3. The topological polar surface area (TPSA) is 55.6 Å². The number of para-hydroxylation sites is 1. The van der Waals surface area contributed by atoms with Gasteiger partial charge < -0.3 is 14.2 Å². The summed E-state index contributed by atoms with van der Waals surface area (Å²) in [6.07, 6.45) is 0.206. The summed E-state index contributed by atoms with van der Waals surface area (Å²) in [5, 5.41) is 4.84. The molecule has 1 amide bonds. The number of methoxy groups -OCH3 is 1. The molecular formula is C14H17ClN2O3. The Morgan fingerprint density at radius 3 is 2.95 bits per heavy atom. The smallest absolute Gasteiger partial charge is 0.228 e. The highest BCUT2D eigenvalue weighted by Crippen LogP contribution is 2.18. The van der Waals surface area contributed by atoms with E-state index in [0.29, 0.717) is 36.9 Å². The molecule has 0 saturated carbocycles. The van der Waals surface area contributed by atoms with Crippen molar-refractivity contribution in [2.24, 2.45) is 0 Å². The SMILES string of the molecule is COCCN(CCCl)C(=O)Cc1noc2ccccc12. The van der Waals surface area contributed by atoms with Crippen LogP contribution >= 0.6 is 11.6 Å². The van der Waals surface area contributed by atoms with Crippen LogP contribution in [0.3, 0.4) is 0 Å². The van der Waals surface area contributed by atoms with E-state index in [-0.39, 0.29) is 12.3 Å². The summed E-state index contributed by atoms with van der Waals surface area (Å²) in [6.45, 7) is 1.51. The van der Waals surface area contributed by atoms with Gasteiger partial charge in [-0.05, 0) is 12.1 Å². The van der Waals surface area contributed by atoms with Crippen molar-refractivity contribution in [2.45, 2.75) is 6.42 Å². The van der Waals surface area contributed by atoms with E-state index in [1.54, 1.807) is 12.0 Å². The molecule has 0 aliphatic heterocycles. The Labute approximate surface area is 122 Å². The molecule has 5 nitrogen and oxygen atoms in total. The molecule has 0 spiro atoms. The lowest BCUT2D eigenvalue weighted by molar-refractivity contribution is -0.130. The minimum atomic E-state index is -0.0262. The molecular weight excluding hydrogens is 280 g/mol. The second-order valence-electron chi connectivity index (χ2n) is 4.36. The van der Waals surface area contributed by atoms with E-state index < -0.39 is 0 Å². The molecule has 0 unspecified atom stereocenters. The number of hydrogen-bond acceptors (Lipinski definition) is 4. The molecule has 0 fully saturated rings. The first-order valence-corrected chi connectivity index (χ1v) is 6.95. The van der Waals surface area contributed by atoms with Crippen molar-refractivity contribution in [3.05, 3.63) is 30.0 Å². The highest BCUT2D eigenvalue weighted by molar-refractivity contribution is 6.18. The maximum absolute atomic E-state index is 12.3. The first-order chi connectivity index (χ1) is 9.76. The minimum absolute atomic E-state index is 0.0262. The van der Waals surface area contributed by atoms with Crippen LogP contribution in [0.5, 0.6) is 0 Å². The Kier molecular flexibility index (Phi) is 5.38. The summed E-state index contributed by atoms with van der Waals surface area (Å²) in [6, 6.07) is 7.50. The average molecular weight is 297 g/mol. The van der Waals surface area contributed by atoms with Crippen LogP contribution in [0.2, 0.25) is 0 Å². The van der Waals surface area contributed by atoms with E-state index in [0.717, 1.165) is 5.39 Å². The van der Waals surface area contributed by atoms with Crippen molar-refractivity contribution in [1.82, 2.24) is 10.1 Å². The minimum Gasteiger partial charge on any atom is -0.383 e. The number of carbonyl (C=O) groups is 1. The van der Waals surface area contributed by atoms with Crippen LogP contribution in [0.15, 0.2) is 28.8 Å². The van der Waals surface area contributed by atoms with Gasteiger partial charge in [-0.15, -0.1) is 11.6 Å². The second kappa shape index (κ2) is 7.26. The van der Waals surface area contributed by atoms with E-state index in [1.807, 2.05) is 24.3 Å². The average Bonchev–Trinajstić information content (AvgIpc) is 2.87. The summed E-state index contributed by atoms with van der Waals surface area (Å²) >= 11 is 5.73. The number of halogens is 1. The fraction of sp³-hybridized carbons (Fsp3) is 0.429.